The van der Waals surface area contributed by atoms with Crippen LogP contribution in [0.3, 0.4) is 0 Å². The number of carbonyl (C=O) groups is 4. The highest BCUT2D eigenvalue weighted by Crippen LogP contribution is 2.35. The smallest absolute Gasteiger partial charge is 0.308 e. The minimum Gasteiger partial charge on any atom is -0.497 e. The number of rotatable bonds is 8. The van der Waals surface area contributed by atoms with E-state index in [1.54, 1.807) is 18.2 Å². The van der Waals surface area contributed by atoms with E-state index < -0.39 is 18.5 Å². The molecule has 1 aliphatic heterocycles. The van der Waals surface area contributed by atoms with Gasteiger partial charge in [-0.1, -0.05) is 12.2 Å². The number of imide groups is 1. The molecule has 30 heavy (non-hydrogen) atoms. The number of benzene rings is 1. The molecule has 9 nitrogen and oxygen atoms in total. The van der Waals surface area contributed by atoms with Gasteiger partial charge in [-0.05, 0) is 25.0 Å². The molecule has 0 spiro atoms. The lowest BCUT2D eigenvalue weighted by molar-refractivity contribution is -0.148. The van der Waals surface area contributed by atoms with E-state index in [1.807, 2.05) is 12.2 Å². The lowest BCUT2D eigenvalue weighted by Crippen LogP contribution is -2.33. The number of esters is 1. The number of carbonyl (C=O) groups excluding carboxylic acids is 4. The van der Waals surface area contributed by atoms with Crippen molar-refractivity contribution in [2.75, 3.05) is 32.7 Å². The molecule has 2 atom stereocenters. The minimum absolute atomic E-state index is 0.0442. The highest BCUT2D eigenvalue weighted by molar-refractivity contribution is 6.05. The first-order chi connectivity index (χ1) is 14.4. The van der Waals surface area contributed by atoms with Gasteiger partial charge in [-0.25, -0.2) is 0 Å². The van der Waals surface area contributed by atoms with E-state index in [1.165, 1.54) is 14.2 Å². The maximum Gasteiger partial charge on any atom is 0.308 e. The third-order valence-electron chi connectivity index (χ3n) is 5.19. The summed E-state index contributed by atoms with van der Waals surface area (Å²) in [4.78, 5) is 49.9. The molecular formula is C21H24N2O7. The molecule has 3 rings (SSSR count). The van der Waals surface area contributed by atoms with E-state index >= 15 is 0 Å². The van der Waals surface area contributed by atoms with Crippen LogP contribution >= 0.6 is 0 Å². The third kappa shape index (κ3) is 4.61. The van der Waals surface area contributed by atoms with E-state index in [9.17, 15) is 19.2 Å². The summed E-state index contributed by atoms with van der Waals surface area (Å²) in [5.41, 5.74) is 0.406. The molecular weight excluding hydrogens is 392 g/mol. The maximum absolute atomic E-state index is 12.4. The molecule has 160 valence electrons. The van der Waals surface area contributed by atoms with Crippen LogP contribution in [-0.4, -0.2) is 56.0 Å². The van der Waals surface area contributed by atoms with Gasteiger partial charge in [0.05, 0.1) is 38.2 Å². The second-order valence-corrected chi connectivity index (χ2v) is 7.01. The number of amides is 3. The van der Waals surface area contributed by atoms with Gasteiger partial charge in [0.1, 0.15) is 11.5 Å². The van der Waals surface area contributed by atoms with Crippen molar-refractivity contribution >= 4 is 29.4 Å². The van der Waals surface area contributed by atoms with E-state index in [4.69, 9.17) is 14.2 Å². The number of allylic oxidation sites excluding steroid dienone is 2. The molecule has 0 bridgehead atoms. The summed E-state index contributed by atoms with van der Waals surface area (Å²) < 4.78 is 15.3. The molecule has 1 aromatic carbocycles. The largest absolute Gasteiger partial charge is 0.497 e. The number of nitrogens with one attached hydrogen (secondary N) is 1. The van der Waals surface area contributed by atoms with Gasteiger partial charge in [0.15, 0.2) is 6.61 Å². The van der Waals surface area contributed by atoms with Crippen LogP contribution in [0.5, 0.6) is 11.5 Å². The highest BCUT2D eigenvalue weighted by Gasteiger charge is 2.46. The summed E-state index contributed by atoms with van der Waals surface area (Å²) in [5.74, 6) is -1.39. The van der Waals surface area contributed by atoms with Crippen molar-refractivity contribution in [2.24, 2.45) is 11.8 Å². The molecule has 0 unspecified atom stereocenters. The summed E-state index contributed by atoms with van der Waals surface area (Å²) in [6, 6.07) is 4.87. The Morgan fingerprint density at radius 2 is 1.73 bits per heavy atom. The number of hydrogen-bond donors (Lipinski definition) is 1. The molecule has 9 heteroatoms. The standard InChI is InChI=1S/C21H24N2O7/c1-28-13-7-8-16(17(11-13)29-2)22-18(24)12-30-19(25)9-10-23-20(26)14-5-3-4-6-15(14)21(23)27/h3-4,7-8,11,14-15H,5-6,9-10,12H2,1-2H3,(H,22,24)/t14-,15-/m0/s1. The summed E-state index contributed by atoms with van der Waals surface area (Å²) >= 11 is 0. The zero-order valence-electron chi connectivity index (χ0n) is 16.9. The van der Waals surface area contributed by atoms with Gasteiger partial charge in [-0.3, -0.25) is 24.1 Å². The Balaban J connectivity index is 1.45. The fourth-order valence-corrected chi connectivity index (χ4v) is 3.60. The van der Waals surface area contributed by atoms with Crippen LogP contribution in [0.25, 0.3) is 0 Å². The third-order valence-corrected chi connectivity index (χ3v) is 5.19. The summed E-state index contributed by atoms with van der Waals surface area (Å²) in [6.07, 6.45) is 4.74. The van der Waals surface area contributed by atoms with E-state index in [0.29, 0.717) is 30.0 Å². The molecule has 1 N–H and O–H groups in total. The highest BCUT2D eigenvalue weighted by atomic mass is 16.5. The number of ether oxygens (including phenoxy) is 3. The Kier molecular flexibility index (Phi) is 6.71. The van der Waals surface area contributed by atoms with E-state index in [0.717, 1.165) is 4.90 Å². The summed E-state index contributed by atoms with van der Waals surface area (Å²) in [7, 11) is 2.97. The van der Waals surface area contributed by atoms with Crippen molar-refractivity contribution in [3.05, 3.63) is 30.4 Å². The van der Waals surface area contributed by atoms with Crippen molar-refractivity contribution in [3.63, 3.8) is 0 Å². The van der Waals surface area contributed by atoms with E-state index in [-0.39, 0.29) is 36.6 Å². The monoisotopic (exact) mass is 416 g/mol. The van der Waals surface area contributed by atoms with Crippen LogP contribution in [0.1, 0.15) is 19.3 Å². The van der Waals surface area contributed by atoms with Gasteiger partial charge in [0.25, 0.3) is 5.91 Å². The van der Waals surface area contributed by atoms with Gasteiger partial charge in [0, 0.05) is 12.6 Å². The summed E-state index contributed by atoms with van der Waals surface area (Å²) in [5, 5.41) is 2.59. The molecule has 1 aliphatic carbocycles. The van der Waals surface area contributed by atoms with Gasteiger partial charge >= 0.3 is 5.97 Å². The predicted octanol–water partition coefficient (Wildman–Crippen LogP) is 1.53. The van der Waals surface area contributed by atoms with Crippen LogP contribution in [-0.2, 0) is 23.9 Å². The normalized spacial score (nSPS) is 20.0. The predicted molar refractivity (Wildman–Crippen MR) is 106 cm³/mol. The van der Waals surface area contributed by atoms with Crippen molar-refractivity contribution in [3.8, 4) is 11.5 Å². The Morgan fingerprint density at radius 1 is 1.07 bits per heavy atom. The zero-order chi connectivity index (χ0) is 21.7. The number of hydrogen-bond acceptors (Lipinski definition) is 7. The molecule has 1 fully saturated rings. The van der Waals surface area contributed by atoms with E-state index in [2.05, 4.69) is 5.32 Å². The Bertz CT molecular complexity index is 854. The van der Waals surface area contributed by atoms with Gasteiger partial charge in [-0.15, -0.1) is 0 Å². The lowest BCUT2D eigenvalue weighted by atomic mass is 9.85. The number of fused-ring (bicyclic) bond motifs is 1. The fraction of sp³-hybridized carbons (Fsp3) is 0.429. The Labute approximate surface area is 174 Å². The number of nitrogens with zero attached hydrogens (tertiary/aromatic N) is 1. The second kappa shape index (κ2) is 9.43. The Morgan fingerprint density at radius 3 is 2.33 bits per heavy atom. The van der Waals surface area contributed by atoms with Gasteiger partial charge in [0.2, 0.25) is 11.8 Å². The molecule has 0 radical (unpaired) electrons. The van der Waals surface area contributed by atoms with Crippen LogP contribution in [0, 0.1) is 11.8 Å². The zero-order valence-corrected chi connectivity index (χ0v) is 16.9. The quantitative estimate of drug-likeness (QED) is 0.389. The average molecular weight is 416 g/mol. The van der Waals surface area contributed by atoms with Crippen molar-refractivity contribution in [1.29, 1.82) is 0 Å². The number of likely N-dealkylation sites (tertiary alicyclic amines) is 1. The Hall–Kier alpha value is -3.36. The first-order valence-corrected chi connectivity index (χ1v) is 9.62. The molecule has 1 saturated heterocycles. The molecule has 0 saturated carbocycles. The van der Waals surface area contributed by atoms with Gasteiger partial charge in [-0.2, -0.15) is 0 Å². The van der Waals surface area contributed by atoms with Crippen molar-refractivity contribution in [2.45, 2.75) is 19.3 Å². The second-order valence-electron chi connectivity index (χ2n) is 7.01. The molecule has 2 aliphatic rings. The van der Waals surface area contributed by atoms with Crippen molar-refractivity contribution in [1.82, 2.24) is 4.90 Å². The topological polar surface area (TPSA) is 111 Å². The van der Waals surface area contributed by atoms with Crippen LogP contribution < -0.4 is 14.8 Å². The molecule has 1 heterocycles. The number of methoxy groups -OCH3 is 2. The van der Waals surface area contributed by atoms with Crippen LogP contribution in [0.15, 0.2) is 30.4 Å². The van der Waals surface area contributed by atoms with Crippen LogP contribution in [0.4, 0.5) is 5.69 Å². The first kappa shape index (κ1) is 21.4. The lowest BCUT2D eigenvalue weighted by Gasteiger charge is -2.14. The molecule has 3 amide bonds. The van der Waals surface area contributed by atoms with Crippen LogP contribution in [0.2, 0.25) is 0 Å². The molecule has 1 aromatic rings. The molecule has 0 aromatic heterocycles. The SMILES string of the molecule is COc1ccc(NC(=O)COC(=O)CCN2C(=O)[C@H]3CC=CC[C@@H]3C2=O)c(OC)c1. The van der Waals surface area contributed by atoms with Crippen molar-refractivity contribution < 1.29 is 33.4 Å². The first-order valence-electron chi connectivity index (χ1n) is 9.62. The average Bonchev–Trinajstić information content (AvgIpc) is 3.01. The summed E-state index contributed by atoms with van der Waals surface area (Å²) in [6.45, 7) is -0.539. The minimum atomic E-state index is -0.666. The van der Waals surface area contributed by atoms with Gasteiger partial charge < -0.3 is 19.5 Å². The number of anilines is 1. The maximum atomic E-state index is 12.4. The fourth-order valence-electron chi connectivity index (χ4n) is 3.60.